The zero-order valence-electron chi connectivity index (χ0n) is 29.7. The van der Waals surface area contributed by atoms with Gasteiger partial charge in [-0.1, -0.05) is 13.8 Å². The molecule has 0 aromatic carbocycles. The zero-order chi connectivity index (χ0) is 42.9. The van der Waals surface area contributed by atoms with Crippen LogP contribution >= 0.6 is 0 Å². The van der Waals surface area contributed by atoms with Gasteiger partial charge < -0.3 is 95.7 Å². The Morgan fingerprint density at radius 3 is 0.633 bits per heavy atom. The van der Waals surface area contributed by atoms with E-state index < -0.39 is 73.6 Å². The van der Waals surface area contributed by atoms with E-state index in [4.69, 9.17) is 70.9 Å². The van der Waals surface area contributed by atoms with E-state index in [2.05, 4.69) is 34.4 Å². The third-order valence-corrected chi connectivity index (χ3v) is 1.07. The maximum atomic E-state index is 9.60. The summed E-state index contributed by atoms with van der Waals surface area (Å²) in [6.45, 7) is 13.3. The highest BCUT2D eigenvalue weighted by atomic mass is 16.4. The number of carbonyl (C=O) groups is 6. The molecule has 49 heavy (non-hydrogen) atoms. The normalized spacial score (nSPS) is 11.4. The number of aliphatic hydroxyl groups excluding tert-OH is 6. The first-order chi connectivity index (χ1) is 21.7. The van der Waals surface area contributed by atoms with Gasteiger partial charge in [0.1, 0.15) is 6.42 Å². The van der Waals surface area contributed by atoms with Crippen molar-refractivity contribution in [2.75, 3.05) is 0 Å². The van der Waals surface area contributed by atoms with Gasteiger partial charge in [-0.15, -0.1) is 0 Å². The van der Waals surface area contributed by atoms with Crippen LogP contribution in [0.4, 0.5) is 0 Å². The molecule has 0 aromatic rings. The quantitative estimate of drug-likeness (QED) is 0.0735. The molecule has 0 spiro atoms. The maximum absolute atomic E-state index is 9.60. The second-order valence-corrected chi connectivity index (χ2v) is 7.92. The Kier molecular flexibility index (Phi) is 109. The molecule has 0 aliphatic rings. The summed E-state index contributed by atoms with van der Waals surface area (Å²) in [5, 5.41) is 92.3. The molecule has 6 unspecified atom stereocenters. The van der Waals surface area contributed by atoms with Gasteiger partial charge >= 0.3 is 23.9 Å². The second kappa shape index (κ2) is 70.6. The molecule has 24 nitrogen and oxygen atoms in total. The number of aliphatic carboxylic acids is 5. The molecule has 24 N–H and O–H groups in total. The van der Waals surface area contributed by atoms with Crippen molar-refractivity contribution >= 4 is 36.3 Å². The minimum Gasteiger partial charge on any atom is -0.483 e. The molecule has 0 amide bonds. The summed E-state index contributed by atoms with van der Waals surface area (Å²) in [7, 11) is 0. The summed E-state index contributed by atoms with van der Waals surface area (Å²) >= 11 is 0. The van der Waals surface area contributed by atoms with E-state index in [0.29, 0.717) is 6.42 Å². The van der Waals surface area contributed by atoms with Crippen LogP contribution in [0.1, 0.15) is 88.0 Å². The van der Waals surface area contributed by atoms with E-state index in [1.165, 1.54) is 41.5 Å². The smallest absolute Gasteiger partial charge is 0.314 e. The molecule has 6 atom stereocenters. The standard InChI is InChI=1S/C4H8O2.C3H4O4.C3H6O2.6C2H7NO.C2H4O2.CH2O2/c1-2-3-4(5)6;4-2(5)1-3(6)7;1-2-3(4)5;7*1-2(3)4;2-1-3/h2-3H2,1H3,(H,5,6);1H2,(H,4,5)(H,6,7);2H2,1H3,(H,4,5);6*2,4H,3H2,1H3;1H3,(H,3,4);1H,(H,2,3). The molecule has 0 radical (unpaired) electrons. The van der Waals surface area contributed by atoms with Gasteiger partial charge in [0.25, 0.3) is 12.4 Å². The maximum Gasteiger partial charge on any atom is 0.314 e. The highest BCUT2D eigenvalue weighted by Gasteiger charge is 2.01. The van der Waals surface area contributed by atoms with Crippen molar-refractivity contribution in [2.45, 2.75) is 125 Å². The summed E-state index contributed by atoms with van der Waals surface area (Å²) in [6, 6.07) is 0. The van der Waals surface area contributed by atoms with Crippen molar-refractivity contribution in [3.63, 3.8) is 0 Å². The predicted octanol–water partition coefficient (Wildman–Crippen LogP) is -3.61. The van der Waals surface area contributed by atoms with Crippen LogP contribution in [0.25, 0.3) is 0 Å². The fourth-order valence-corrected chi connectivity index (χ4v) is 0.343. The molecule has 0 saturated carbocycles. The molecule has 0 saturated heterocycles. The SMILES string of the molecule is CC(=O)O.CC(N)O.CC(N)O.CC(N)O.CC(N)O.CC(N)O.CC(N)O.CCC(=O)O.CCCC(=O)O.O=C(O)CC(=O)O.O=CO. The van der Waals surface area contributed by atoms with Gasteiger partial charge in [-0.25, -0.2) is 0 Å². The Balaban J connectivity index is -0.0000000363. The summed E-state index contributed by atoms with van der Waals surface area (Å²) in [4.78, 5) is 55.2. The van der Waals surface area contributed by atoms with Crippen LogP contribution < -0.4 is 34.4 Å². The van der Waals surface area contributed by atoms with Crippen LogP contribution in [0.2, 0.25) is 0 Å². The average Bonchev–Trinajstić information content (AvgIpc) is 2.76. The Hall–Kier alpha value is -3.66. The lowest BCUT2D eigenvalue weighted by atomic mass is 10.4. The summed E-state index contributed by atoms with van der Waals surface area (Å²) < 4.78 is 0. The fourth-order valence-electron chi connectivity index (χ4n) is 0.343. The van der Waals surface area contributed by atoms with Gasteiger partial charge in [0, 0.05) is 19.8 Å². The van der Waals surface area contributed by atoms with Crippen molar-refractivity contribution < 1.29 is 90.0 Å². The molecule has 0 heterocycles. The van der Waals surface area contributed by atoms with Crippen LogP contribution in [0.15, 0.2) is 0 Å². The first kappa shape index (κ1) is 75.6. The van der Waals surface area contributed by atoms with Crippen LogP contribution in [-0.2, 0) is 28.8 Å². The van der Waals surface area contributed by atoms with Crippen molar-refractivity contribution in [3.8, 4) is 0 Å². The Labute approximate surface area is 286 Å². The Bertz CT molecular complexity index is 591. The highest BCUT2D eigenvalue weighted by molar-refractivity contribution is 5.88. The van der Waals surface area contributed by atoms with Gasteiger partial charge in [-0.2, -0.15) is 0 Å². The number of hydrogen-bond acceptors (Lipinski definition) is 18. The molecule has 0 aromatic heterocycles. The molecule has 0 rings (SSSR count). The van der Waals surface area contributed by atoms with Crippen molar-refractivity contribution in [3.05, 3.63) is 0 Å². The van der Waals surface area contributed by atoms with Gasteiger partial charge in [0.05, 0.1) is 37.4 Å². The molecule has 0 aliphatic heterocycles. The van der Waals surface area contributed by atoms with E-state index in [1.807, 2.05) is 6.92 Å². The lowest BCUT2D eigenvalue weighted by Gasteiger charge is -1.82. The van der Waals surface area contributed by atoms with Gasteiger partial charge in [0.15, 0.2) is 0 Å². The molecular weight excluding hydrogens is 672 g/mol. The number of carboxylic acids is 5. The summed E-state index contributed by atoms with van der Waals surface area (Å²) in [6.07, 6.45) is -3.56. The first-order valence-corrected chi connectivity index (χ1v) is 13.5. The van der Waals surface area contributed by atoms with Crippen molar-refractivity contribution in [2.24, 2.45) is 34.4 Å². The molecule has 0 aliphatic carbocycles. The number of rotatable bonds is 5. The molecule has 304 valence electrons. The van der Waals surface area contributed by atoms with Crippen molar-refractivity contribution in [1.29, 1.82) is 0 Å². The Morgan fingerprint density at radius 1 is 0.510 bits per heavy atom. The lowest BCUT2D eigenvalue weighted by Crippen LogP contribution is -2.11. The van der Waals surface area contributed by atoms with E-state index in [-0.39, 0.29) is 12.9 Å². The van der Waals surface area contributed by atoms with Gasteiger partial charge in [0.2, 0.25) is 0 Å². The minimum absolute atomic E-state index is 0.222. The van der Waals surface area contributed by atoms with E-state index >= 15 is 0 Å². The summed E-state index contributed by atoms with van der Waals surface area (Å²) in [5.41, 5.74) is 28.0. The minimum atomic E-state index is -1.31. The predicted molar refractivity (Wildman–Crippen MR) is 178 cm³/mol. The third-order valence-electron chi connectivity index (χ3n) is 1.07. The average molecular weight is 739 g/mol. The number of hydrogen-bond donors (Lipinski definition) is 18. The lowest BCUT2D eigenvalue weighted by molar-refractivity contribution is -0.147. The van der Waals surface area contributed by atoms with E-state index in [1.54, 1.807) is 6.92 Å². The molecule has 24 heteroatoms. The van der Waals surface area contributed by atoms with E-state index in [9.17, 15) is 19.2 Å². The molecule has 0 fully saturated rings. The van der Waals surface area contributed by atoms with Gasteiger partial charge in [-0.3, -0.25) is 28.8 Å². The largest absolute Gasteiger partial charge is 0.483 e. The van der Waals surface area contributed by atoms with Crippen molar-refractivity contribution in [1.82, 2.24) is 0 Å². The van der Waals surface area contributed by atoms with Gasteiger partial charge in [-0.05, 0) is 48.0 Å². The van der Waals surface area contributed by atoms with E-state index in [0.717, 1.165) is 13.3 Å². The number of nitrogens with two attached hydrogens (primary N) is 6. The van der Waals surface area contributed by atoms with Crippen LogP contribution in [0.5, 0.6) is 0 Å². The highest BCUT2D eigenvalue weighted by Crippen LogP contribution is 1.82. The topological polar surface area (TPSA) is 501 Å². The third kappa shape index (κ3) is 2790. The van der Waals surface area contributed by atoms with Crippen LogP contribution in [0.3, 0.4) is 0 Å². The second-order valence-electron chi connectivity index (χ2n) is 7.92. The summed E-state index contributed by atoms with van der Waals surface area (Å²) in [5.74, 6) is -4.91. The first-order valence-electron chi connectivity index (χ1n) is 13.5. The zero-order valence-corrected chi connectivity index (χ0v) is 29.7. The van der Waals surface area contributed by atoms with Crippen LogP contribution in [0, 0.1) is 0 Å². The monoisotopic (exact) mass is 738 g/mol. The fraction of sp³-hybridized carbons (Fsp3) is 0.760. The molecule has 0 bridgehead atoms. The molecular formula is C25H66N6O18. The number of carboxylic acid groups (broad SMARTS) is 6. The van der Waals surface area contributed by atoms with Crippen LogP contribution in [-0.4, -0.2) is 135 Å². The Morgan fingerprint density at radius 2 is 0.633 bits per heavy atom. The number of aliphatic hydroxyl groups is 6.